The van der Waals surface area contributed by atoms with Crippen molar-refractivity contribution in [3.8, 4) is 5.75 Å². The van der Waals surface area contributed by atoms with Gasteiger partial charge in [0, 0.05) is 23.3 Å². The average molecular weight is 331 g/mol. The van der Waals surface area contributed by atoms with Gasteiger partial charge < -0.3 is 15.2 Å². The molecule has 0 radical (unpaired) electrons. The number of esters is 2. The molecule has 0 aliphatic rings. The van der Waals surface area contributed by atoms with Gasteiger partial charge in [-0.1, -0.05) is 12.1 Å². The third-order valence-corrected chi connectivity index (χ3v) is 3.80. The summed E-state index contributed by atoms with van der Waals surface area (Å²) < 4.78 is 10.2. The smallest absolute Gasteiger partial charge is 0.341 e. The van der Waals surface area contributed by atoms with Gasteiger partial charge in [-0.15, -0.1) is 11.8 Å². The van der Waals surface area contributed by atoms with Gasteiger partial charge in [-0.05, 0) is 36.4 Å². The SMILES string of the molecule is CC(=O)Oc1ccccc1C(=O)OCCSc1ccc(N)cc1. The summed E-state index contributed by atoms with van der Waals surface area (Å²) in [7, 11) is 0. The average Bonchev–Trinajstić information content (AvgIpc) is 2.53. The van der Waals surface area contributed by atoms with Crippen LogP contribution >= 0.6 is 11.8 Å². The van der Waals surface area contributed by atoms with Crippen molar-refractivity contribution in [3.05, 3.63) is 54.1 Å². The maximum Gasteiger partial charge on any atom is 0.341 e. The van der Waals surface area contributed by atoms with Crippen molar-refractivity contribution in [2.75, 3.05) is 18.1 Å². The lowest BCUT2D eigenvalue weighted by Gasteiger charge is -2.09. The van der Waals surface area contributed by atoms with Gasteiger partial charge in [0.15, 0.2) is 0 Å². The summed E-state index contributed by atoms with van der Waals surface area (Å²) in [5.74, 6) is -0.175. The number of ether oxygens (including phenoxy) is 2. The highest BCUT2D eigenvalue weighted by molar-refractivity contribution is 7.99. The lowest BCUT2D eigenvalue weighted by molar-refractivity contribution is -0.131. The summed E-state index contributed by atoms with van der Waals surface area (Å²) >= 11 is 1.56. The Morgan fingerprint density at radius 1 is 1.09 bits per heavy atom. The van der Waals surface area contributed by atoms with Crippen molar-refractivity contribution in [1.29, 1.82) is 0 Å². The number of hydrogen-bond acceptors (Lipinski definition) is 6. The van der Waals surface area contributed by atoms with Gasteiger partial charge in [0.1, 0.15) is 17.9 Å². The Kier molecular flexibility index (Phi) is 6.05. The van der Waals surface area contributed by atoms with Crippen LogP contribution in [0.25, 0.3) is 0 Å². The molecule has 0 spiro atoms. The van der Waals surface area contributed by atoms with E-state index in [-0.39, 0.29) is 17.9 Å². The highest BCUT2D eigenvalue weighted by Crippen LogP contribution is 2.21. The predicted octanol–water partition coefficient (Wildman–Crippen LogP) is 3.14. The molecule has 0 bridgehead atoms. The predicted molar refractivity (Wildman–Crippen MR) is 89.6 cm³/mol. The Hall–Kier alpha value is -2.47. The van der Waals surface area contributed by atoms with Gasteiger partial charge in [-0.25, -0.2) is 4.79 Å². The number of nitrogen functional groups attached to an aromatic ring is 1. The molecule has 0 atom stereocenters. The molecule has 0 heterocycles. The zero-order valence-corrected chi connectivity index (χ0v) is 13.5. The van der Waals surface area contributed by atoms with Crippen molar-refractivity contribution in [3.63, 3.8) is 0 Å². The normalized spacial score (nSPS) is 10.1. The summed E-state index contributed by atoms with van der Waals surface area (Å²) in [5.41, 5.74) is 6.57. The molecule has 0 unspecified atom stereocenters. The van der Waals surface area contributed by atoms with E-state index in [1.165, 1.54) is 6.92 Å². The number of hydrogen-bond donors (Lipinski definition) is 1. The van der Waals surface area contributed by atoms with Crippen LogP contribution in [0.3, 0.4) is 0 Å². The summed E-state index contributed by atoms with van der Waals surface area (Å²) in [6, 6.07) is 14.0. The number of rotatable bonds is 6. The lowest BCUT2D eigenvalue weighted by atomic mass is 10.2. The van der Waals surface area contributed by atoms with Gasteiger partial charge in [-0.3, -0.25) is 4.79 Å². The van der Waals surface area contributed by atoms with Crippen molar-refractivity contribution < 1.29 is 19.1 Å². The van der Waals surface area contributed by atoms with Crippen LogP contribution in [-0.4, -0.2) is 24.3 Å². The van der Waals surface area contributed by atoms with E-state index in [1.54, 1.807) is 36.0 Å². The molecule has 0 amide bonds. The maximum absolute atomic E-state index is 12.1. The molecule has 0 saturated carbocycles. The lowest BCUT2D eigenvalue weighted by Crippen LogP contribution is -2.11. The fraction of sp³-hybridized carbons (Fsp3) is 0.176. The van der Waals surface area contributed by atoms with Crippen LogP contribution in [0.2, 0.25) is 0 Å². The van der Waals surface area contributed by atoms with Crippen LogP contribution < -0.4 is 10.5 Å². The third-order valence-electron chi connectivity index (χ3n) is 2.83. The van der Waals surface area contributed by atoms with E-state index >= 15 is 0 Å². The summed E-state index contributed by atoms with van der Waals surface area (Å²) in [4.78, 5) is 24.2. The molecule has 23 heavy (non-hydrogen) atoms. The van der Waals surface area contributed by atoms with E-state index in [0.29, 0.717) is 11.4 Å². The van der Waals surface area contributed by atoms with Crippen molar-refractivity contribution in [2.45, 2.75) is 11.8 Å². The molecule has 0 aliphatic carbocycles. The number of para-hydroxylation sites is 1. The van der Waals surface area contributed by atoms with E-state index in [0.717, 1.165) is 4.90 Å². The standard InChI is InChI=1S/C17H17NO4S/c1-12(19)22-16-5-3-2-4-15(16)17(20)21-10-11-23-14-8-6-13(18)7-9-14/h2-9H,10-11,18H2,1H3. The first-order chi connectivity index (χ1) is 11.1. The largest absolute Gasteiger partial charge is 0.461 e. The van der Waals surface area contributed by atoms with Crippen LogP contribution in [0.5, 0.6) is 5.75 Å². The quantitative estimate of drug-likeness (QED) is 0.288. The van der Waals surface area contributed by atoms with Crippen molar-refractivity contribution in [1.82, 2.24) is 0 Å². The molecule has 2 N–H and O–H groups in total. The Bertz CT molecular complexity index is 685. The highest BCUT2D eigenvalue weighted by atomic mass is 32.2. The molecule has 0 saturated heterocycles. The molecule has 2 aromatic rings. The molecular formula is C17H17NO4S. The molecule has 120 valence electrons. The number of anilines is 1. The second-order valence-electron chi connectivity index (χ2n) is 4.64. The molecular weight excluding hydrogens is 314 g/mol. The van der Waals surface area contributed by atoms with Crippen LogP contribution in [-0.2, 0) is 9.53 Å². The fourth-order valence-electron chi connectivity index (χ4n) is 1.81. The number of thioether (sulfide) groups is 1. The van der Waals surface area contributed by atoms with E-state index in [1.807, 2.05) is 24.3 Å². The Morgan fingerprint density at radius 2 is 1.78 bits per heavy atom. The zero-order chi connectivity index (χ0) is 16.7. The summed E-state index contributed by atoms with van der Waals surface area (Å²) in [6.45, 7) is 1.54. The Morgan fingerprint density at radius 3 is 2.48 bits per heavy atom. The topological polar surface area (TPSA) is 78.6 Å². The Labute approximate surface area is 138 Å². The summed E-state index contributed by atoms with van der Waals surface area (Å²) in [6.07, 6.45) is 0. The Balaban J connectivity index is 1.85. The van der Waals surface area contributed by atoms with Crippen LogP contribution in [0.1, 0.15) is 17.3 Å². The summed E-state index contributed by atoms with van der Waals surface area (Å²) in [5, 5.41) is 0. The van der Waals surface area contributed by atoms with Crippen molar-refractivity contribution in [2.24, 2.45) is 0 Å². The molecule has 2 rings (SSSR count). The molecule has 6 heteroatoms. The number of nitrogens with two attached hydrogens (primary N) is 1. The molecule has 5 nitrogen and oxygen atoms in total. The number of carbonyl (C=O) groups is 2. The number of carbonyl (C=O) groups excluding carboxylic acids is 2. The zero-order valence-electron chi connectivity index (χ0n) is 12.7. The molecule has 0 aromatic heterocycles. The van der Waals surface area contributed by atoms with Crippen molar-refractivity contribution >= 4 is 29.4 Å². The fourth-order valence-corrected chi connectivity index (χ4v) is 2.55. The minimum absolute atomic E-state index is 0.205. The maximum atomic E-state index is 12.1. The van der Waals surface area contributed by atoms with Crippen LogP contribution in [0.15, 0.2) is 53.4 Å². The first-order valence-corrected chi connectivity index (χ1v) is 7.98. The van der Waals surface area contributed by atoms with Gasteiger partial charge in [0.25, 0.3) is 0 Å². The first kappa shape index (κ1) is 16.9. The molecule has 2 aromatic carbocycles. The van der Waals surface area contributed by atoms with E-state index < -0.39 is 11.9 Å². The van der Waals surface area contributed by atoms with E-state index in [2.05, 4.69) is 0 Å². The molecule has 0 fully saturated rings. The minimum atomic E-state index is -0.514. The van der Waals surface area contributed by atoms with Crippen LogP contribution in [0, 0.1) is 0 Å². The third kappa shape index (κ3) is 5.34. The van der Waals surface area contributed by atoms with Gasteiger partial charge in [0.05, 0.1) is 0 Å². The van der Waals surface area contributed by atoms with Crippen LogP contribution in [0.4, 0.5) is 5.69 Å². The van der Waals surface area contributed by atoms with E-state index in [9.17, 15) is 9.59 Å². The van der Waals surface area contributed by atoms with Gasteiger partial charge in [-0.2, -0.15) is 0 Å². The first-order valence-electron chi connectivity index (χ1n) is 6.99. The van der Waals surface area contributed by atoms with E-state index in [4.69, 9.17) is 15.2 Å². The molecule has 0 aliphatic heterocycles. The highest BCUT2D eigenvalue weighted by Gasteiger charge is 2.14. The van der Waals surface area contributed by atoms with Gasteiger partial charge in [0.2, 0.25) is 0 Å². The van der Waals surface area contributed by atoms with Gasteiger partial charge >= 0.3 is 11.9 Å². The second-order valence-corrected chi connectivity index (χ2v) is 5.81. The number of benzene rings is 2. The second kappa shape index (κ2) is 8.24. The minimum Gasteiger partial charge on any atom is -0.461 e. The monoisotopic (exact) mass is 331 g/mol.